The molecule has 0 saturated heterocycles. The van der Waals surface area contributed by atoms with E-state index in [4.69, 9.17) is 5.11 Å². The Bertz CT molecular complexity index is 770. The van der Waals surface area contributed by atoms with Gasteiger partial charge < -0.3 is 5.11 Å². The van der Waals surface area contributed by atoms with Gasteiger partial charge in [-0.25, -0.2) is 17.6 Å². The van der Waals surface area contributed by atoms with Crippen LogP contribution in [0.25, 0.3) is 0 Å². The van der Waals surface area contributed by atoms with Crippen LogP contribution in [0.4, 0.5) is 4.39 Å². The summed E-state index contributed by atoms with van der Waals surface area (Å²) in [5.74, 6) is -1.68. The molecule has 1 heterocycles. The average molecular weight is 329 g/mol. The zero-order valence-electron chi connectivity index (χ0n) is 11.0. The van der Waals surface area contributed by atoms with Crippen molar-refractivity contribution in [3.63, 3.8) is 0 Å². The number of carboxylic acids is 1. The molecule has 0 radical (unpaired) electrons. The first-order valence-electron chi connectivity index (χ1n) is 5.84. The van der Waals surface area contributed by atoms with Crippen LogP contribution in [0.2, 0.25) is 0 Å². The molecule has 0 aliphatic carbocycles. The quantitative estimate of drug-likeness (QED) is 0.914. The van der Waals surface area contributed by atoms with E-state index in [0.29, 0.717) is 0 Å². The number of sulfonamides is 1. The van der Waals surface area contributed by atoms with E-state index in [9.17, 15) is 17.6 Å². The van der Waals surface area contributed by atoms with E-state index in [2.05, 4.69) is 0 Å². The Labute approximate surface area is 125 Å². The normalized spacial score (nSPS) is 11.8. The summed E-state index contributed by atoms with van der Waals surface area (Å²) >= 11 is 0.824. The number of hydrogen-bond donors (Lipinski definition) is 1. The summed E-state index contributed by atoms with van der Waals surface area (Å²) in [5.41, 5.74) is 0.163. The Hall–Kier alpha value is -1.77. The number of hydrogen-bond acceptors (Lipinski definition) is 4. The van der Waals surface area contributed by atoms with Crippen LogP contribution in [0.5, 0.6) is 0 Å². The number of carboxylic acid groups (broad SMARTS) is 1. The van der Waals surface area contributed by atoms with Gasteiger partial charge in [0, 0.05) is 24.5 Å². The van der Waals surface area contributed by atoms with Crippen molar-refractivity contribution in [2.75, 3.05) is 7.05 Å². The van der Waals surface area contributed by atoms with Crippen molar-refractivity contribution in [2.45, 2.75) is 10.8 Å². The second-order valence-corrected chi connectivity index (χ2v) is 7.50. The highest BCUT2D eigenvalue weighted by Crippen LogP contribution is 2.24. The second-order valence-electron chi connectivity index (χ2n) is 4.31. The van der Waals surface area contributed by atoms with Crippen molar-refractivity contribution in [2.24, 2.45) is 0 Å². The zero-order chi connectivity index (χ0) is 15.6. The maximum atomic E-state index is 13.6. The summed E-state index contributed by atoms with van der Waals surface area (Å²) in [6, 6.07) is 6.99. The highest BCUT2D eigenvalue weighted by Gasteiger charge is 2.24. The highest BCUT2D eigenvalue weighted by molar-refractivity contribution is 7.91. The number of benzene rings is 1. The molecule has 2 aromatic rings. The molecule has 0 aliphatic rings. The average Bonchev–Trinajstić information content (AvgIpc) is 2.91. The van der Waals surface area contributed by atoms with Crippen LogP contribution in [0.1, 0.15) is 15.9 Å². The van der Waals surface area contributed by atoms with E-state index in [1.807, 2.05) is 0 Å². The molecule has 0 atom stereocenters. The van der Waals surface area contributed by atoms with E-state index < -0.39 is 21.8 Å². The molecule has 0 saturated carbocycles. The van der Waals surface area contributed by atoms with E-state index in [1.165, 1.54) is 30.6 Å². The molecule has 5 nitrogen and oxygen atoms in total. The fraction of sp³-hybridized carbons (Fsp3) is 0.154. The lowest BCUT2D eigenvalue weighted by Gasteiger charge is -2.16. The van der Waals surface area contributed by atoms with E-state index in [0.717, 1.165) is 21.7 Å². The lowest BCUT2D eigenvalue weighted by Crippen LogP contribution is -2.26. The summed E-state index contributed by atoms with van der Waals surface area (Å²) in [7, 11) is -2.52. The van der Waals surface area contributed by atoms with Gasteiger partial charge in [-0.3, -0.25) is 0 Å². The van der Waals surface area contributed by atoms with Crippen molar-refractivity contribution in [1.29, 1.82) is 0 Å². The number of aromatic carboxylic acids is 1. The first-order valence-corrected chi connectivity index (χ1v) is 8.16. The number of nitrogens with zero attached hydrogens (tertiary/aromatic N) is 1. The predicted molar refractivity (Wildman–Crippen MR) is 76.3 cm³/mol. The van der Waals surface area contributed by atoms with Gasteiger partial charge in [0.25, 0.3) is 10.0 Å². The lowest BCUT2D eigenvalue weighted by molar-refractivity contribution is 0.0697. The number of rotatable bonds is 5. The smallest absolute Gasteiger partial charge is 0.336 e. The minimum absolute atomic E-state index is 0.0845. The second kappa shape index (κ2) is 5.92. The standard InChI is InChI=1S/C13H12FNO4S2/c1-15(7-9-4-2-3-5-11(9)14)21(18,19)12-6-10(8-20-12)13(16)17/h2-6,8H,7H2,1H3,(H,16,17). The van der Waals surface area contributed by atoms with Crippen molar-refractivity contribution in [1.82, 2.24) is 4.31 Å². The van der Waals surface area contributed by atoms with Crippen LogP contribution >= 0.6 is 11.3 Å². The van der Waals surface area contributed by atoms with Gasteiger partial charge in [0.05, 0.1) is 5.56 Å². The molecule has 0 unspecified atom stereocenters. The fourth-order valence-corrected chi connectivity index (χ4v) is 4.18. The minimum Gasteiger partial charge on any atom is -0.478 e. The summed E-state index contributed by atoms with van der Waals surface area (Å²) in [4.78, 5) is 10.8. The van der Waals surface area contributed by atoms with Crippen LogP contribution in [-0.2, 0) is 16.6 Å². The third kappa shape index (κ3) is 3.29. The largest absolute Gasteiger partial charge is 0.478 e. The summed E-state index contributed by atoms with van der Waals surface area (Å²) in [6.07, 6.45) is 0. The molecule has 0 amide bonds. The van der Waals surface area contributed by atoms with Crippen molar-refractivity contribution < 1.29 is 22.7 Å². The Morgan fingerprint density at radius 2 is 2.05 bits per heavy atom. The Balaban J connectivity index is 2.26. The molecule has 8 heteroatoms. The van der Waals surface area contributed by atoms with Gasteiger partial charge >= 0.3 is 5.97 Å². The lowest BCUT2D eigenvalue weighted by atomic mass is 10.2. The molecule has 1 aromatic heterocycles. The van der Waals surface area contributed by atoms with Crippen LogP contribution in [0.15, 0.2) is 39.9 Å². The summed E-state index contributed by atoms with van der Waals surface area (Å²) in [5, 5.41) is 10.1. The highest BCUT2D eigenvalue weighted by atomic mass is 32.2. The van der Waals surface area contributed by atoms with Crippen molar-refractivity contribution >= 4 is 27.3 Å². The molecule has 0 fully saturated rings. The van der Waals surface area contributed by atoms with Crippen LogP contribution < -0.4 is 0 Å². The van der Waals surface area contributed by atoms with Crippen LogP contribution in [0.3, 0.4) is 0 Å². The van der Waals surface area contributed by atoms with Gasteiger partial charge in [-0.15, -0.1) is 11.3 Å². The summed E-state index contributed by atoms with van der Waals surface area (Å²) < 4.78 is 39.1. The fourth-order valence-electron chi connectivity index (χ4n) is 1.67. The number of carbonyl (C=O) groups is 1. The molecule has 2 rings (SSSR count). The molecule has 0 spiro atoms. The third-order valence-corrected chi connectivity index (χ3v) is 6.06. The van der Waals surface area contributed by atoms with Crippen molar-refractivity contribution in [3.05, 3.63) is 52.7 Å². The minimum atomic E-state index is -3.84. The Morgan fingerprint density at radius 3 is 2.62 bits per heavy atom. The summed E-state index contributed by atoms with van der Waals surface area (Å²) in [6.45, 7) is -0.130. The van der Waals surface area contributed by atoms with Gasteiger partial charge in [-0.2, -0.15) is 4.31 Å². The van der Waals surface area contributed by atoms with E-state index >= 15 is 0 Å². The Morgan fingerprint density at radius 1 is 1.38 bits per heavy atom. The zero-order valence-corrected chi connectivity index (χ0v) is 12.6. The van der Waals surface area contributed by atoms with Crippen LogP contribution in [-0.4, -0.2) is 30.8 Å². The molecule has 1 aromatic carbocycles. The molecule has 1 N–H and O–H groups in total. The van der Waals surface area contributed by atoms with Crippen LogP contribution in [0, 0.1) is 5.82 Å². The first-order chi connectivity index (χ1) is 9.82. The number of halogens is 1. The van der Waals surface area contributed by atoms with Gasteiger partial charge in [0.2, 0.25) is 0 Å². The third-order valence-electron chi connectivity index (χ3n) is 2.84. The van der Waals surface area contributed by atoms with Crippen molar-refractivity contribution in [3.8, 4) is 0 Å². The van der Waals surface area contributed by atoms with Gasteiger partial charge in [-0.05, 0) is 12.1 Å². The number of thiophene rings is 1. The Kier molecular flexibility index (Phi) is 4.40. The topological polar surface area (TPSA) is 74.7 Å². The molecular formula is C13H12FNO4S2. The van der Waals surface area contributed by atoms with E-state index in [1.54, 1.807) is 6.07 Å². The molecule has 0 bridgehead atoms. The maximum Gasteiger partial charge on any atom is 0.336 e. The maximum absolute atomic E-state index is 13.6. The monoisotopic (exact) mass is 329 g/mol. The van der Waals surface area contributed by atoms with E-state index in [-0.39, 0.29) is 21.9 Å². The van der Waals surface area contributed by atoms with Gasteiger partial charge in [-0.1, -0.05) is 18.2 Å². The predicted octanol–water partition coefficient (Wildman–Crippen LogP) is 2.41. The SMILES string of the molecule is CN(Cc1ccccc1F)S(=O)(=O)c1cc(C(=O)O)cs1. The van der Waals surface area contributed by atoms with Gasteiger partial charge in [0.1, 0.15) is 10.0 Å². The molecular weight excluding hydrogens is 317 g/mol. The molecule has 21 heavy (non-hydrogen) atoms. The van der Waals surface area contributed by atoms with Gasteiger partial charge in [0.15, 0.2) is 0 Å². The molecule has 112 valence electrons. The molecule has 0 aliphatic heterocycles. The first kappa shape index (κ1) is 15.6.